The number of rotatable bonds is 6. The second-order valence-electron chi connectivity index (χ2n) is 5.16. The lowest BCUT2D eigenvalue weighted by Crippen LogP contribution is -2.24. The van der Waals surface area contributed by atoms with Crippen LogP contribution in [0.5, 0.6) is 0 Å². The van der Waals surface area contributed by atoms with Crippen LogP contribution in [0.4, 0.5) is 0 Å². The first-order valence-corrected chi connectivity index (χ1v) is 8.50. The molecule has 0 fully saturated rings. The van der Waals surface area contributed by atoms with Gasteiger partial charge in [-0.2, -0.15) is 5.10 Å². The van der Waals surface area contributed by atoms with E-state index in [9.17, 15) is 4.79 Å². The third-order valence-corrected chi connectivity index (χ3v) is 4.29. The minimum Gasteiger partial charge on any atom is -0.351 e. The van der Waals surface area contributed by atoms with Crippen molar-refractivity contribution in [1.29, 1.82) is 0 Å². The van der Waals surface area contributed by atoms with E-state index in [4.69, 9.17) is 0 Å². The Morgan fingerprint density at radius 3 is 2.91 bits per heavy atom. The maximum atomic E-state index is 12.0. The SMILES string of the molecule is CCCCNC(=O)c1csc(-c2cnn(-c3ccccc3)c2)n1. The van der Waals surface area contributed by atoms with Crippen LogP contribution in [-0.4, -0.2) is 27.2 Å². The van der Waals surface area contributed by atoms with E-state index in [2.05, 4.69) is 22.3 Å². The van der Waals surface area contributed by atoms with Gasteiger partial charge in [-0.15, -0.1) is 11.3 Å². The van der Waals surface area contributed by atoms with Gasteiger partial charge in [0.25, 0.3) is 5.91 Å². The Balaban J connectivity index is 1.73. The first-order chi connectivity index (χ1) is 11.3. The summed E-state index contributed by atoms with van der Waals surface area (Å²) in [6.07, 6.45) is 5.73. The predicted molar refractivity (Wildman–Crippen MR) is 91.9 cm³/mol. The molecular weight excluding hydrogens is 308 g/mol. The zero-order valence-corrected chi connectivity index (χ0v) is 13.7. The molecule has 3 aromatic rings. The smallest absolute Gasteiger partial charge is 0.270 e. The summed E-state index contributed by atoms with van der Waals surface area (Å²) in [5.41, 5.74) is 2.37. The quantitative estimate of drug-likeness (QED) is 0.705. The fraction of sp³-hybridized carbons (Fsp3) is 0.235. The molecule has 0 saturated heterocycles. The van der Waals surface area contributed by atoms with Gasteiger partial charge in [-0.1, -0.05) is 31.5 Å². The summed E-state index contributed by atoms with van der Waals surface area (Å²) >= 11 is 1.45. The molecule has 0 saturated carbocycles. The molecule has 0 aliphatic heterocycles. The molecule has 0 bridgehead atoms. The maximum absolute atomic E-state index is 12.0. The van der Waals surface area contributed by atoms with Crippen LogP contribution in [0.3, 0.4) is 0 Å². The summed E-state index contributed by atoms with van der Waals surface area (Å²) in [5.74, 6) is -0.114. The average Bonchev–Trinajstić information content (AvgIpc) is 3.25. The fourth-order valence-corrected chi connectivity index (χ4v) is 2.91. The Kier molecular flexibility index (Phi) is 4.83. The number of nitrogens with zero attached hydrogens (tertiary/aromatic N) is 3. The molecule has 5 nitrogen and oxygen atoms in total. The monoisotopic (exact) mass is 326 g/mol. The van der Waals surface area contributed by atoms with E-state index in [1.807, 2.05) is 36.5 Å². The average molecular weight is 326 g/mol. The molecule has 0 radical (unpaired) electrons. The van der Waals surface area contributed by atoms with Gasteiger partial charge in [-0.05, 0) is 18.6 Å². The Hall–Kier alpha value is -2.47. The van der Waals surface area contributed by atoms with Crippen molar-refractivity contribution in [3.8, 4) is 16.3 Å². The van der Waals surface area contributed by atoms with Crippen LogP contribution >= 0.6 is 11.3 Å². The first kappa shape index (κ1) is 15.4. The van der Waals surface area contributed by atoms with Crippen LogP contribution in [-0.2, 0) is 0 Å². The van der Waals surface area contributed by atoms with E-state index < -0.39 is 0 Å². The Labute approximate surface area is 139 Å². The molecule has 0 spiro atoms. The van der Waals surface area contributed by atoms with Gasteiger partial charge in [0.2, 0.25) is 0 Å². The lowest BCUT2D eigenvalue weighted by molar-refractivity contribution is 0.0949. The summed E-state index contributed by atoms with van der Waals surface area (Å²) in [6, 6.07) is 9.90. The summed E-state index contributed by atoms with van der Waals surface area (Å²) in [7, 11) is 0. The summed E-state index contributed by atoms with van der Waals surface area (Å²) < 4.78 is 1.80. The number of carbonyl (C=O) groups excluding carboxylic acids is 1. The minimum absolute atomic E-state index is 0.114. The number of nitrogens with one attached hydrogen (secondary N) is 1. The van der Waals surface area contributed by atoms with E-state index in [0.717, 1.165) is 29.1 Å². The third kappa shape index (κ3) is 3.65. The highest BCUT2D eigenvalue weighted by molar-refractivity contribution is 7.13. The van der Waals surface area contributed by atoms with E-state index in [-0.39, 0.29) is 5.91 Å². The van der Waals surface area contributed by atoms with Gasteiger partial charge >= 0.3 is 0 Å². The number of benzene rings is 1. The minimum atomic E-state index is -0.114. The van der Waals surface area contributed by atoms with E-state index in [1.165, 1.54) is 11.3 Å². The van der Waals surface area contributed by atoms with Gasteiger partial charge in [-0.3, -0.25) is 4.79 Å². The molecule has 23 heavy (non-hydrogen) atoms. The topological polar surface area (TPSA) is 59.8 Å². The van der Waals surface area contributed by atoms with Gasteiger partial charge in [-0.25, -0.2) is 9.67 Å². The lowest BCUT2D eigenvalue weighted by atomic mass is 10.3. The maximum Gasteiger partial charge on any atom is 0.270 e. The van der Waals surface area contributed by atoms with Crippen LogP contribution < -0.4 is 5.32 Å². The number of hydrogen-bond donors (Lipinski definition) is 1. The fourth-order valence-electron chi connectivity index (χ4n) is 2.14. The third-order valence-electron chi connectivity index (χ3n) is 3.40. The van der Waals surface area contributed by atoms with Gasteiger partial charge < -0.3 is 5.32 Å². The predicted octanol–water partition coefficient (Wildman–Crippen LogP) is 3.53. The van der Waals surface area contributed by atoms with Crippen LogP contribution in [0.25, 0.3) is 16.3 Å². The van der Waals surface area contributed by atoms with Crippen molar-refractivity contribution in [2.75, 3.05) is 6.54 Å². The Morgan fingerprint density at radius 2 is 2.13 bits per heavy atom. The van der Waals surface area contributed by atoms with E-state index >= 15 is 0 Å². The van der Waals surface area contributed by atoms with Crippen LogP contribution in [0.1, 0.15) is 30.3 Å². The molecule has 3 rings (SSSR count). The summed E-state index contributed by atoms with van der Waals surface area (Å²) in [6.45, 7) is 2.78. The highest BCUT2D eigenvalue weighted by Crippen LogP contribution is 2.24. The normalized spacial score (nSPS) is 10.7. The second kappa shape index (κ2) is 7.19. The standard InChI is InChI=1S/C17H18N4OS/c1-2-3-9-18-16(22)15-12-23-17(20-15)13-10-19-21(11-13)14-7-5-4-6-8-14/h4-8,10-12H,2-3,9H2,1H3,(H,18,22). The zero-order chi connectivity index (χ0) is 16.1. The van der Waals surface area contributed by atoms with Crippen molar-refractivity contribution in [3.63, 3.8) is 0 Å². The highest BCUT2D eigenvalue weighted by atomic mass is 32.1. The van der Waals surface area contributed by atoms with Crippen molar-refractivity contribution < 1.29 is 4.79 Å². The number of carbonyl (C=O) groups is 1. The molecule has 2 heterocycles. The van der Waals surface area contributed by atoms with Crippen molar-refractivity contribution in [2.45, 2.75) is 19.8 Å². The van der Waals surface area contributed by atoms with Crippen LogP contribution in [0.2, 0.25) is 0 Å². The molecular formula is C17H18N4OS. The van der Waals surface area contributed by atoms with Crippen molar-refractivity contribution in [3.05, 3.63) is 53.8 Å². The van der Waals surface area contributed by atoms with Crippen LogP contribution in [0, 0.1) is 0 Å². The van der Waals surface area contributed by atoms with E-state index in [0.29, 0.717) is 12.2 Å². The Bertz CT molecular complexity index is 779. The highest BCUT2D eigenvalue weighted by Gasteiger charge is 2.12. The Morgan fingerprint density at radius 1 is 1.30 bits per heavy atom. The molecule has 0 aliphatic rings. The molecule has 0 atom stereocenters. The zero-order valence-electron chi connectivity index (χ0n) is 12.9. The number of aromatic nitrogens is 3. The molecule has 0 unspecified atom stereocenters. The molecule has 1 amide bonds. The summed E-state index contributed by atoms with van der Waals surface area (Å²) in [4.78, 5) is 16.4. The molecule has 2 aromatic heterocycles. The number of thiazole rings is 1. The van der Waals surface area contributed by atoms with Gasteiger partial charge in [0.15, 0.2) is 0 Å². The lowest BCUT2D eigenvalue weighted by Gasteiger charge is -2.00. The van der Waals surface area contributed by atoms with Gasteiger partial charge in [0, 0.05) is 23.7 Å². The molecule has 6 heteroatoms. The molecule has 118 valence electrons. The number of amides is 1. The van der Waals surface area contributed by atoms with Crippen molar-refractivity contribution in [1.82, 2.24) is 20.1 Å². The van der Waals surface area contributed by atoms with E-state index in [1.54, 1.807) is 16.3 Å². The van der Waals surface area contributed by atoms with Crippen molar-refractivity contribution in [2.24, 2.45) is 0 Å². The largest absolute Gasteiger partial charge is 0.351 e. The first-order valence-electron chi connectivity index (χ1n) is 7.62. The van der Waals surface area contributed by atoms with Crippen LogP contribution in [0.15, 0.2) is 48.1 Å². The van der Waals surface area contributed by atoms with Gasteiger partial charge in [0.05, 0.1) is 11.9 Å². The second-order valence-corrected chi connectivity index (χ2v) is 6.01. The van der Waals surface area contributed by atoms with Crippen molar-refractivity contribution >= 4 is 17.2 Å². The number of unbranched alkanes of at least 4 members (excludes halogenated alkanes) is 1. The number of hydrogen-bond acceptors (Lipinski definition) is 4. The molecule has 0 aliphatic carbocycles. The molecule has 1 N–H and O–H groups in total. The summed E-state index contributed by atoms with van der Waals surface area (Å²) in [5, 5.41) is 9.83. The molecule has 1 aromatic carbocycles. The number of para-hydroxylation sites is 1. The van der Waals surface area contributed by atoms with Gasteiger partial charge in [0.1, 0.15) is 10.7 Å².